The number of hydrogen-bond donors (Lipinski definition) is 4. The van der Waals surface area contributed by atoms with Crippen molar-refractivity contribution in [3.8, 4) is 0 Å². The summed E-state index contributed by atoms with van der Waals surface area (Å²) >= 11 is 0. The minimum atomic E-state index is -1.04. The van der Waals surface area contributed by atoms with Crippen LogP contribution in [0.2, 0.25) is 0 Å². The number of hydrogen-bond acceptors (Lipinski definition) is 6. The number of carbonyl (C=O) groups excluding carboxylic acids is 5. The topological polar surface area (TPSA) is 146 Å². The third-order valence-corrected chi connectivity index (χ3v) is 7.01. The molecule has 2 aromatic rings. The number of nitrogens with zero attached hydrogens (tertiary/aromatic N) is 1. The number of carbonyl (C=O) groups is 5. The number of ketones is 1. The predicted molar refractivity (Wildman–Crippen MR) is 150 cm³/mol. The van der Waals surface area contributed by atoms with E-state index in [1.165, 1.54) is 6.92 Å². The van der Waals surface area contributed by atoms with E-state index in [0.717, 1.165) is 37.7 Å². The maximum absolute atomic E-state index is 13.3. The number of amides is 4. The van der Waals surface area contributed by atoms with Crippen molar-refractivity contribution in [2.75, 3.05) is 0 Å². The Balaban J connectivity index is 1.64. The molecule has 1 saturated carbocycles. The van der Waals surface area contributed by atoms with E-state index in [4.69, 9.17) is 0 Å². The Labute approximate surface area is 235 Å². The van der Waals surface area contributed by atoms with E-state index in [2.05, 4.69) is 26.3 Å². The fourth-order valence-corrected chi connectivity index (χ4v) is 4.63. The molecule has 1 aliphatic rings. The van der Waals surface area contributed by atoms with E-state index < -0.39 is 47.5 Å². The summed E-state index contributed by atoms with van der Waals surface area (Å²) in [5.41, 5.74) is 1.17. The van der Waals surface area contributed by atoms with Gasteiger partial charge in [-0.25, -0.2) is 0 Å². The number of aromatic nitrogens is 1. The Morgan fingerprint density at radius 1 is 0.825 bits per heavy atom. The first-order chi connectivity index (χ1) is 19.2. The molecule has 1 heterocycles. The summed E-state index contributed by atoms with van der Waals surface area (Å²) in [5.74, 6) is -3.36. The van der Waals surface area contributed by atoms with Gasteiger partial charge in [-0.15, -0.1) is 0 Å². The van der Waals surface area contributed by atoms with Gasteiger partial charge in [-0.05, 0) is 55.5 Å². The quantitative estimate of drug-likeness (QED) is 0.298. The highest BCUT2D eigenvalue weighted by atomic mass is 16.2. The molecule has 10 heteroatoms. The fourth-order valence-electron chi connectivity index (χ4n) is 4.63. The van der Waals surface area contributed by atoms with E-state index in [9.17, 15) is 24.0 Å². The largest absolute Gasteiger partial charge is 0.347 e. The van der Waals surface area contributed by atoms with Crippen LogP contribution in [-0.2, 0) is 25.6 Å². The van der Waals surface area contributed by atoms with Gasteiger partial charge < -0.3 is 21.3 Å². The first-order valence-corrected chi connectivity index (χ1v) is 13.9. The molecule has 1 aromatic carbocycles. The monoisotopic (exact) mass is 549 g/mol. The second kappa shape index (κ2) is 14.9. The maximum Gasteiger partial charge on any atom is 0.289 e. The van der Waals surface area contributed by atoms with E-state index in [0.29, 0.717) is 5.56 Å². The van der Waals surface area contributed by atoms with Gasteiger partial charge in [0.05, 0.1) is 6.04 Å². The number of benzene rings is 1. The third kappa shape index (κ3) is 9.00. The summed E-state index contributed by atoms with van der Waals surface area (Å²) in [6.07, 6.45) is 8.16. The van der Waals surface area contributed by atoms with Crippen molar-refractivity contribution in [2.45, 2.75) is 83.5 Å². The van der Waals surface area contributed by atoms with Crippen LogP contribution in [0.15, 0.2) is 54.9 Å². The Hall–Kier alpha value is -4.08. The molecule has 4 amide bonds. The molecule has 0 aliphatic heterocycles. The molecule has 1 aromatic heterocycles. The Morgan fingerprint density at radius 2 is 1.48 bits per heavy atom. The highest BCUT2D eigenvalue weighted by Crippen LogP contribution is 2.17. The zero-order valence-corrected chi connectivity index (χ0v) is 23.3. The van der Waals surface area contributed by atoms with Crippen LogP contribution in [0.1, 0.15) is 68.8 Å². The molecule has 0 bridgehead atoms. The van der Waals surface area contributed by atoms with E-state index in [1.54, 1.807) is 68.7 Å². The van der Waals surface area contributed by atoms with Crippen molar-refractivity contribution >= 4 is 29.4 Å². The highest BCUT2D eigenvalue weighted by Gasteiger charge is 2.33. The molecule has 2 unspecified atom stereocenters. The summed E-state index contributed by atoms with van der Waals surface area (Å²) in [5, 5.41) is 10.8. The highest BCUT2D eigenvalue weighted by molar-refractivity contribution is 6.38. The lowest BCUT2D eigenvalue weighted by Gasteiger charge is -2.26. The Morgan fingerprint density at radius 3 is 2.10 bits per heavy atom. The average molecular weight is 550 g/mol. The van der Waals surface area contributed by atoms with Crippen molar-refractivity contribution < 1.29 is 24.0 Å². The van der Waals surface area contributed by atoms with Crippen molar-refractivity contribution in [1.29, 1.82) is 0 Å². The number of nitrogens with one attached hydrogen (secondary N) is 4. The van der Waals surface area contributed by atoms with Crippen LogP contribution in [0.5, 0.6) is 0 Å². The van der Waals surface area contributed by atoms with Crippen LogP contribution in [0.3, 0.4) is 0 Å². The van der Waals surface area contributed by atoms with Crippen LogP contribution in [-0.4, -0.2) is 58.6 Å². The molecular formula is C30H39N5O5. The molecule has 3 rings (SSSR count). The molecule has 0 spiro atoms. The first-order valence-electron chi connectivity index (χ1n) is 13.9. The minimum Gasteiger partial charge on any atom is -0.347 e. The maximum atomic E-state index is 13.3. The lowest BCUT2D eigenvalue weighted by molar-refractivity contribution is -0.141. The zero-order chi connectivity index (χ0) is 29.1. The minimum absolute atomic E-state index is 0.0321. The van der Waals surface area contributed by atoms with Gasteiger partial charge in [0, 0.05) is 30.4 Å². The van der Waals surface area contributed by atoms with Crippen LogP contribution < -0.4 is 21.3 Å². The van der Waals surface area contributed by atoms with Gasteiger partial charge in [-0.2, -0.15) is 0 Å². The van der Waals surface area contributed by atoms with Gasteiger partial charge in [0.1, 0.15) is 12.1 Å². The van der Waals surface area contributed by atoms with Gasteiger partial charge in [0.15, 0.2) is 0 Å². The molecule has 40 heavy (non-hydrogen) atoms. The SMILES string of the molecule is CC(NC(=O)C(Cc1ccncc1)NC(=O)c1ccccc1)C(=O)N[C@H](C(=O)C(=O)NC1CCCCC1)C(C)C. The lowest BCUT2D eigenvalue weighted by atomic mass is 9.94. The molecule has 214 valence electrons. The molecule has 1 fully saturated rings. The molecule has 10 nitrogen and oxygen atoms in total. The van der Waals surface area contributed by atoms with E-state index in [-0.39, 0.29) is 18.4 Å². The molecular weight excluding hydrogens is 510 g/mol. The van der Waals surface area contributed by atoms with Crippen molar-refractivity contribution in [1.82, 2.24) is 26.3 Å². The molecule has 1 aliphatic carbocycles. The molecule has 0 saturated heterocycles. The number of rotatable bonds is 12. The third-order valence-electron chi connectivity index (χ3n) is 7.01. The molecule has 0 radical (unpaired) electrons. The van der Waals surface area contributed by atoms with Gasteiger partial charge in [-0.1, -0.05) is 51.3 Å². The average Bonchev–Trinajstić information content (AvgIpc) is 2.96. The van der Waals surface area contributed by atoms with Crippen LogP contribution >= 0.6 is 0 Å². The van der Waals surface area contributed by atoms with E-state index >= 15 is 0 Å². The second-order valence-corrected chi connectivity index (χ2v) is 10.6. The summed E-state index contributed by atoms with van der Waals surface area (Å²) in [6.45, 7) is 4.97. The lowest BCUT2D eigenvalue weighted by Crippen LogP contribution is -2.57. The van der Waals surface area contributed by atoms with Crippen LogP contribution in [0, 0.1) is 5.92 Å². The molecule has 4 N–H and O–H groups in total. The number of pyridine rings is 1. The molecule has 3 atom stereocenters. The van der Waals surface area contributed by atoms with Gasteiger partial charge in [0.2, 0.25) is 17.6 Å². The Kier molecular flexibility index (Phi) is 11.4. The zero-order valence-electron chi connectivity index (χ0n) is 23.3. The summed E-state index contributed by atoms with van der Waals surface area (Å²) in [4.78, 5) is 68.7. The second-order valence-electron chi connectivity index (χ2n) is 10.6. The summed E-state index contributed by atoms with van der Waals surface area (Å²) < 4.78 is 0. The Bertz CT molecular complexity index is 1170. The standard InChI is InChI=1S/C30H39N5O5/c1-19(2)25(26(36)30(40)33-23-12-8-5-9-13-23)35-27(37)20(3)32-29(39)24(18-21-14-16-31-17-15-21)34-28(38)22-10-6-4-7-11-22/h4,6-7,10-11,14-17,19-20,23-25H,5,8-9,12-13,18H2,1-3H3,(H,32,39)(H,33,40)(H,34,38)(H,35,37)/t20?,24?,25-/m0/s1. The summed E-state index contributed by atoms with van der Waals surface area (Å²) in [6, 6.07) is 8.90. The van der Waals surface area contributed by atoms with Crippen LogP contribution in [0.4, 0.5) is 0 Å². The first kappa shape index (κ1) is 30.5. The fraction of sp³-hybridized carbons (Fsp3) is 0.467. The van der Waals surface area contributed by atoms with Crippen molar-refractivity contribution in [3.05, 3.63) is 66.0 Å². The van der Waals surface area contributed by atoms with Crippen molar-refractivity contribution in [3.63, 3.8) is 0 Å². The normalized spacial score (nSPS) is 15.8. The smallest absolute Gasteiger partial charge is 0.289 e. The van der Waals surface area contributed by atoms with Gasteiger partial charge >= 0.3 is 0 Å². The number of Topliss-reactive ketones (excluding diaryl/α,β-unsaturated/α-hetero) is 1. The van der Waals surface area contributed by atoms with Crippen LogP contribution in [0.25, 0.3) is 0 Å². The van der Waals surface area contributed by atoms with Crippen molar-refractivity contribution in [2.24, 2.45) is 5.92 Å². The van der Waals surface area contributed by atoms with Gasteiger partial charge in [-0.3, -0.25) is 29.0 Å². The van der Waals surface area contributed by atoms with Gasteiger partial charge in [0.25, 0.3) is 11.8 Å². The van der Waals surface area contributed by atoms with E-state index in [1.807, 2.05) is 0 Å². The summed E-state index contributed by atoms with van der Waals surface area (Å²) in [7, 11) is 0. The predicted octanol–water partition coefficient (Wildman–Crippen LogP) is 2.09.